The molecule has 2 rings (SSSR count). The van der Waals surface area contributed by atoms with Crippen LogP contribution < -0.4 is 5.32 Å². The first-order valence-electron chi connectivity index (χ1n) is 7.26. The Balaban J connectivity index is 2.10. The molecule has 1 aromatic rings. The van der Waals surface area contributed by atoms with Crippen molar-refractivity contribution in [1.82, 2.24) is 9.62 Å². The van der Waals surface area contributed by atoms with Gasteiger partial charge in [-0.15, -0.1) is 0 Å². The summed E-state index contributed by atoms with van der Waals surface area (Å²) in [6.07, 6.45) is 1.94. The Morgan fingerprint density at radius 1 is 1.40 bits per heavy atom. The number of nitrogens with zero attached hydrogens (tertiary/aromatic N) is 1. The van der Waals surface area contributed by atoms with Crippen molar-refractivity contribution in [3.8, 4) is 0 Å². The number of sulfonamides is 1. The van der Waals surface area contributed by atoms with Crippen molar-refractivity contribution < 1.29 is 12.8 Å². The average molecular weight is 300 g/mol. The molecule has 114 valence electrons. The second kappa shape index (κ2) is 6.28. The van der Waals surface area contributed by atoms with Crippen LogP contribution in [0, 0.1) is 5.92 Å². The first-order chi connectivity index (χ1) is 9.45. The second-order valence-corrected chi connectivity index (χ2v) is 7.48. The lowest BCUT2D eigenvalue weighted by atomic mass is 10.1. The van der Waals surface area contributed by atoms with E-state index in [1.165, 1.54) is 0 Å². The maximum atomic E-state index is 12.5. The van der Waals surface area contributed by atoms with Crippen molar-refractivity contribution in [2.24, 2.45) is 5.92 Å². The summed E-state index contributed by atoms with van der Waals surface area (Å²) in [6.45, 7) is 8.15. The number of rotatable bonds is 6. The molecule has 0 aliphatic carbocycles. The molecule has 2 atom stereocenters. The molecule has 0 bridgehead atoms. The van der Waals surface area contributed by atoms with Gasteiger partial charge in [-0.25, -0.2) is 8.42 Å². The zero-order chi connectivity index (χ0) is 14.8. The van der Waals surface area contributed by atoms with E-state index in [-0.39, 0.29) is 11.1 Å². The lowest BCUT2D eigenvalue weighted by Gasteiger charge is -2.19. The van der Waals surface area contributed by atoms with E-state index in [1.807, 2.05) is 6.92 Å². The minimum atomic E-state index is -3.49. The SMILES string of the molecule is CCCNCc1ccc(S(=O)(=O)N2CC(C)CC2C)o1. The number of hydrogen-bond donors (Lipinski definition) is 1. The lowest BCUT2D eigenvalue weighted by molar-refractivity contribution is 0.359. The molecular formula is C14H24N2O3S. The van der Waals surface area contributed by atoms with Gasteiger partial charge in [0, 0.05) is 12.6 Å². The summed E-state index contributed by atoms with van der Waals surface area (Å²) in [6, 6.07) is 3.34. The molecule has 0 saturated carbocycles. The van der Waals surface area contributed by atoms with Gasteiger partial charge in [-0.2, -0.15) is 4.31 Å². The Hall–Kier alpha value is -0.850. The molecule has 20 heavy (non-hydrogen) atoms. The van der Waals surface area contributed by atoms with E-state index in [4.69, 9.17) is 4.42 Å². The van der Waals surface area contributed by atoms with Gasteiger partial charge in [-0.05, 0) is 44.4 Å². The summed E-state index contributed by atoms with van der Waals surface area (Å²) < 4.78 is 32.1. The van der Waals surface area contributed by atoms with Crippen molar-refractivity contribution in [3.05, 3.63) is 17.9 Å². The van der Waals surface area contributed by atoms with E-state index >= 15 is 0 Å². The highest BCUT2D eigenvalue weighted by molar-refractivity contribution is 7.89. The minimum absolute atomic E-state index is 0.0433. The molecule has 0 aromatic carbocycles. The molecule has 2 unspecified atom stereocenters. The van der Waals surface area contributed by atoms with Crippen LogP contribution in [-0.2, 0) is 16.6 Å². The van der Waals surface area contributed by atoms with E-state index in [2.05, 4.69) is 19.2 Å². The smallest absolute Gasteiger partial charge is 0.276 e. The van der Waals surface area contributed by atoms with Gasteiger partial charge in [-0.1, -0.05) is 13.8 Å². The highest BCUT2D eigenvalue weighted by Gasteiger charge is 2.37. The summed E-state index contributed by atoms with van der Waals surface area (Å²) in [4.78, 5) is 0. The third-order valence-electron chi connectivity index (χ3n) is 3.65. The normalized spacial score (nSPS) is 24.4. The maximum Gasteiger partial charge on any atom is 0.276 e. The van der Waals surface area contributed by atoms with E-state index in [0.29, 0.717) is 24.8 Å². The van der Waals surface area contributed by atoms with Crippen LogP contribution in [0.15, 0.2) is 21.6 Å². The van der Waals surface area contributed by atoms with Crippen molar-refractivity contribution in [2.45, 2.75) is 51.3 Å². The zero-order valence-corrected chi connectivity index (χ0v) is 13.2. The van der Waals surface area contributed by atoms with Gasteiger partial charge in [-0.3, -0.25) is 0 Å². The van der Waals surface area contributed by atoms with Crippen LogP contribution >= 0.6 is 0 Å². The number of hydrogen-bond acceptors (Lipinski definition) is 4. The Morgan fingerprint density at radius 2 is 2.15 bits per heavy atom. The molecule has 1 aliphatic heterocycles. The molecule has 6 heteroatoms. The van der Waals surface area contributed by atoms with Crippen LogP contribution in [-0.4, -0.2) is 31.9 Å². The third-order valence-corrected chi connectivity index (χ3v) is 5.51. The second-order valence-electron chi connectivity index (χ2n) is 5.66. The third kappa shape index (κ3) is 3.24. The molecule has 1 saturated heterocycles. The molecule has 1 aliphatic rings. The number of nitrogens with one attached hydrogen (secondary N) is 1. The van der Waals surface area contributed by atoms with Crippen molar-refractivity contribution in [1.29, 1.82) is 0 Å². The van der Waals surface area contributed by atoms with Crippen LogP contribution in [0.25, 0.3) is 0 Å². The van der Waals surface area contributed by atoms with Gasteiger partial charge in [0.2, 0.25) is 5.09 Å². The fourth-order valence-electron chi connectivity index (χ4n) is 2.69. The fraction of sp³-hybridized carbons (Fsp3) is 0.714. The first-order valence-corrected chi connectivity index (χ1v) is 8.70. The highest BCUT2D eigenvalue weighted by atomic mass is 32.2. The summed E-state index contributed by atoms with van der Waals surface area (Å²) in [7, 11) is -3.49. The van der Waals surface area contributed by atoms with Crippen LogP contribution in [0.2, 0.25) is 0 Å². The maximum absolute atomic E-state index is 12.5. The molecular weight excluding hydrogens is 276 g/mol. The van der Waals surface area contributed by atoms with E-state index < -0.39 is 10.0 Å². The Bertz CT molecular complexity index is 538. The summed E-state index contributed by atoms with van der Waals surface area (Å²) in [5.74, 6) is 1.07. The monoisotopic (exact) mass is 300 g/mol. The Morgan fingerprint density at radius 3 is 2.75 bits per heavy atom. The molecule has 0 spiro atoms. The Labute approximate surface area is 121 Å². The van der Waals surface area contributed by atoms with Gasteiger partial charge in [0.1, 0.15) is 5.76 Å². The standard InChI is InChI=1S/C14H24N2O3S/c1-4-7-15-9-13-5-6-14(19-13)20(17,18)16-10-11(2)8-12(16)3/h5-6,11-12,15H,4,7-10H2,1-3H3. The van der Waals surface area contributed by atoms with Crippen molar-refractivity contribution in [3.63, 3.8) is 0 Å². The number of furan rings is 1. The predicted octanol–water partition coefficient (Wildman–Crippen LogP) is 2.20. The van der Waals surface area contributed by atoms with Crippen LogP contribution in [0.1, 0.15) is 39.4 Å². The van der Waals surface area contributed by atoms with Gasteiger partial charge < -0.3 is 9.73 Å². The summed E-state index contributed by atoms with van der Waals surface area (Å²) >= 11 is 0. The zero-order valence-electron chi connectivity index (χ0n) is 12.4. The quantitative estimate of drug-likeness (QED) is 0.818. The molecule has 1 fully saturated rings. The molecule has 5 nitrogen and oxygen atoms in total. The molecule has 0 radical (unpaired) electrons. The lowest BCUT2D eigenvalue weighted by Crippen LogP contribution is -2.33. The summed E-state index contributed by atoms with van der Waals surface area (Å²) in [5, 5.41) is 3.26. The van der Waals surface area contributed by atoms with Gasteiger partial charge in [0.15, 0.2) is 0 Å². The van der Waals surface area contributed by atoms with Crippen LogP contribution in [0.4, 0.5) is 0 Å². The largest absolute Gasteiger partial charge is 0.447 e. The van der Waals surface area contributed by atoms with Gasteiger partial charge in [0.25, 0.3) is 10.0 Å². The Kier molecular flexibility index (Phi) is 4.88. The van der Waals surface area contributed by atoms with Crippen molar-refractivity contribution >= 4 is 10.0 Å². The van der Waals surface area contributed by atoms with E-state index in [9.17, 15) is 8.42 Å². The predicted molar refractivity (Wildman–Crippen MR) is 77.8 cm³/mol. The summed E-state index contributed by atoms with van der Waals surface area (Å²) in [5.41, 5.74) is 0. The van der Waals surface area contributed by atoms with Crippen molar-refractivity contribution in [2.75, 3.05) is 13.1 Å². The molecule has 1 aromatic heterocycles. The first kappa shape index (κ1) is 15.5. The van der Waals surface area contributed by atoms with E-state index in [1.54, 1.807) is 16.4 Å². The fourth-order valence-corrected chi connectivity index (χ4v) is 4.39. The van der Waals surface area contributed by atoms with Crippen LogP contribution in [0.5, 0.6) is 0 Å². The van der Waals surface area contributed by atoms with Gasteiger partial charge in [0.05, 0.1) is 6.54 Å². The highest BCUT2D eigenvalue weighted by Crippen LogP contribution is 2.29. The molecule has 1 N–H and O–H groups in total. The minimum Gasteiger partial charge on any atom is -0.447 e. The van der Waals surface area contributed by atoms with E-state index in [0.717, 1.165) is 19.4 Å². The molecule has 0 amide bonds. The average Bonchev–Trinajstić information content (AvgIpc) is 2.97. The van der Waals surface area contributed by atoms with Crippen LogP contribution in [0.3, 0.4) is 0 Å². The van der Waals surface area contributed by atoms with Gasteiger partial charge >= 0.3 is 0 Å². The molecule has 2 heterocycles. The topological polar surface area (TPSA) is 62.6 Å².